The lowest BCUT2D eigenvalue weighted by molar-refractivity contribution is 0.0765. The maximum Gasteiger partial charge on any atom is 0.274 e. The third-order valence-electron chi connectivity index (χ3n) is 5.51. The zero-order chi connectivity index (χ0) is 21.4. The second-order valence-corrected chi connectivity index (χ2v) is 7.43. The zero-order valence-corrected chi connectivity index (χ0v) is 16.6. The van der Waals surface area contributed by atoms with E-state index in [0.29, 0.717) is 25.2 Å². The molecule has 1 aliphatic rings. The molecule has 0 fully saturated rings. The number of benzene rings is 2. The second kappa shape index (κ2) is 7.68. The summed E-state index contributed by atoms with van der Waals surface area (Å²) in [7, 11) is 0. The van der Waals surface area contributed by atoms with E-state index in [9.17, 15) is 14.0 Å². The lowest BCUT2D eigenvalue weighted by atomic mass is 9.98. The van der Waals surface area contributed by atoms with Crippen molar-refractivity contribution in [3.05, 3.63) is 100 Å². The lowest BCUT2D eigenvalue weighted by Crippen LogP contribution is -2.36. The Balaban J connectivity index is 1.39. The maximum atomic E-state index is 13.4. The number of rotatable bonds is 3. The zero-order valence-electron chi connectivity index (χ0n) is 16.6. The predicted molar refractivity (Wildman–Crippen MR) is 117 cm³/mol. The van der Waals surface area contributed by atoms with Crippen LogP contribution in [0.15, 0.2) is 77.7 Å². The number of H-pyrrole nitrogens is 1. The summed E-state index contributed by atoms with van der Waals surface area (Å²) in [6.07, 6.45) is 4.57. The minimum absolute atomic E-state index is 0.221. The van der Waals surface area contributed by atoms with E-state index in [1.165, 1.54) is 28.9 Å². The highest BCUT2D eigenvalue weighted by atomic mass is 19.1. The molecule has 5 rings (SSSR count). The molecule has 1 N–H and O–H groups in total. The summed E-state index contributed by atoms with van der Waals surface area (Å²) in [5.74, 6) is -0.499. The maximum absolute atomic E-state index is 13.4. The topological polar surface area (TPSA) is 71.0 Å². The molecule has 0 atom stereocenters. The fourth-order valence-corrected chi connectivity index (χ4v) is 3.90. The number of hydrogen-bond donors (Lipinski definition) is 1. The first kappa shape index (κ1) is 19.0. The molecule has 0 bridgehead atoms. The van der Waals surface area contributed by atoms with Crippen molar-refractivity contribution in [2.75, 3.05) is 13.1 Å². The number of amides is 1. The van der Waals surface area contributed by atoms with E-state index in [4.69, 9.17) is 0 Å². The van der Waals surface area contributed by atoms with E-state index in [1.807, 2.05) is 30.5 Å². The fraction of sp³-hybridized carbons (Fsp3) is 0.125. The third-order valence-corrected chi connectivity index (χ3v) is 5.51. The average Bonchev–Trinajstić information content (AvgIpc) is 3.22. The van der Waals surface area contributed by atoms with E-state index in [1.54, 1.807) is 23.1 Å². The summed E-state index contributed by atoms with van der Waals surface area (Å²) < 4.78 is 14.7. The Morgan fingerprint density at radius 1 is 1.06 bits per heavy atom. The van der Waals surface area contributed by atoms with Gasteiger partial charge in [-0.2, -0.15) is 9.78 Å². The predicted octanol–water partition coefficient (Wildman–Crippen LogP) is 3.78. The molecule has 6 nitrogen and oxygen atoms in total. The number of hydrogen-bond acceptors (Lipinski definition) is 3. The van der Waals surface area contributed by atoms with Gasteiger partial charge in [-0.1, -0.05) is 24.3 Å². The van der Waals surface area contributed by atoms with Crippen molar-refractivity contribution in [2.45, 2.75) is 6.42 Å². The van der Waals surface area contributed by atoms with Crippen molar-refractivity contribution in [3.63, 3.8) is 0 Å². The molecule has 0 saturated heterocycles. The van der Waals surface area contributed by atoms with Crippen LogP contribution in [0.1, 0.15) is 22.5 Å². The van der Waals surface area contributed by atoms with Crippen molar-refractivity contribution in [2.24, 2.45) is 0 Å². The van der Waals surface area contributed by atoms with Crippen LogP contribution in [0.2, 0.25) is 0 Å². The van der Waals surface area contributed by atoms with Gasteiger partial charge in [-0.15, -0.1) is 0 Å². The molecule has 1 amide bonds. The first-order valence-electron chi connectivity index (χ1n) is 10.0. The van der Waals surface area contributed by atoms with E-state index in [2.05, 4.69) is 10.1 Å². The van der Waals surface area contributed by atoms with Gasteiger partial charge >= 0.3 is 0 Å². The summed E-state index contributed by atoms with van der Waals surface area (Å²) in [5, 5.41) is 5.25. The van der Waals surface area contributed by atoms with Gasteiger partial charge in [0, 0.05) is 41.8 Å². The molecule has 4 aromatic rings. The number of nitrogens with one attached hydrogen (secondary N) is 1. The molecule has 7 heteroatoms. The lowest BCUT2D eigenvalue weighted by Gasteiger charge is -2.26. The number of fused-ring (bicyclic) bond motifs is 1. The van der Waals surface area contributed by atoms with Crippen molar-refractivity contribution >= 4 is 22.4 Å². The summed E-state index contributed by atoms with van der Waals surface area (Å²) in [5.41, 5.74) is 3.43. The number of halogens is 1. The van der Waals surface area contributed by atoms with Gasteiger partial charge in [0.25, 0.3) is 11.5 Å². The normalized spacial score (nSPS) is 14.0. The minimum Gasteiger partial charge on any atom is -0.360 e. The van der Waals surface area contributed by atoms with Crippen LogP contribution in [-0.2, 0) is 0 Å². The largest absolute Gasteiger partial charge is 0.360 e. The van der Waals surface area contributed by atoms with Gasteiger partial charge in [0.2, 0.25) is 0 Å². The van der Waals surface area contributed by atoms with E-state index >= 15 is 0 Å². The standard InChI is InChI=1S/C24H19FN4O2/c25-17-6-7-19-20(15-26-22(19)14-17)16-10-12-28(13-11-16)24(31)21-8-9-23(30)29(27-21)18-4-2-1-3-5-18/h1-10,14-15,26H,11-13H2. The van der Waals surface area contributed by atoms with Gasteiger partial charge < -0.3 is 9.88 Å². The molecule has 2 aromatic heterocycles. The summed E-state index contributed by atoms with van der Waals surface area (Å²) >= 11 is 0. The Kier molecular flexibility index (Phi) is 4.71. The van der Waals surface area contributed by atoms with Crippen LogP contribution in [0.25, 0.3) is 22.2 Å². The number of nitrogens with zero attached hydrogens (tertiary/aromatic N) is 3. The number of carbonyl (C=O) groups excluding carboxylic acids is 1. The van der Waals surface area contributed by atoms with Crippen molar-refractivity contribution in [1.82, 2.24) is 19.7 Å². The van der Waals surface area contributed by atoms with Crippen LogP contribution >= 0.6 is 0 Å². The highest BCUT2D eigenvalue weighted by Crippen LogP contribution is 2.29. The first-order chi connectivity index (χ1) is 15.1. The summed E-state index contributed by atoms with van der Waals surface area (Å²) in [6, 6.07) is 16.6. The van der Waals surface area contributed by atoms with Crippen LogP contribution in [0.5, 0.6) is 0 Å². The minimum atomic E-state index is -0.292. The van der Waals surface area contributed by atoms with Gasteiger partial charge in [-0.05, 0) is 48.4 Å². The Morgan fingerprint density at radius 2 is 1.90 bits per heavy atom. The molecule has 154 valence electrons. The molecule has 3 heterocycles. The molecule has 1 aliphatic heterocycles. The number of carbonyl (C=O) groups is 1. The number of aromatic nitrogens is 3. The molecule has 0 saturated carbocycles. The van der Waals surface area contributed by atoms with Crippen LogP contribution in [0.4, 0.5) is 4.39 Å². The third kappa shape index (κ3) is 3.54. The smallest absolute Gasteiger partial charge is 0.274 e. The fourth-order valence-electron chi connectivity index (χ4n) is 3.90. The highest BCUT2D eigenvalue weighted by Gasteiger charge is 2.22. The molecular weight excluding hydrogens is 395 g/mol. The van der Waals surface area contributed by atoms with Gasteiger partial charge in [0.1, 0.15) is 11.5 Å². The monoisotopic (exact) mass is 414 g/mol. The van der Waals surface area contributed by atoms with Gasteiger partial charge in [-0.3, -0.25) is 9.59 Å². The Bertz CT molecular complexity index is 1370. The Hall–Kier alpha value is -4.00. The molecule has 0 radical (unpaired) electrons. The number of para-hydroxylation sites is 1. The second-order valence-electron chi connectivity index (χ2n) is 7.43. The van der Waals surface area contributed by atoms with Gasteiger partial charge in [0.05, 0.1) is 5.69 Å². The van der Waals surface area contributed by atoms with Crippen LogP contribution < -0.4 is 5.56 Å². The molecule has 0 aliphatic carbocycles. The summed E-state index contributed by atoms with van der Waals surface area (Å²) in [6.45, 7) is 0.971. The van der Waals surface area contributed by atoms with Gasteiger partial charge in [0.15, 0.2) is 0 Å². The van der Waals surface area contributed by atoms with E-state index < -0.39 is 0 Å². The molecule has 0 spiro atoms. The van der Waals surface area contributed by atoms with Gasteiger partial charge in [-0.25, -0.2) is 4.39 Å². The molecule has 2 aromatic carbocycles. The molecule has 31 heavy (non-hydrogen) atoms. The van der Waals surface area contributed by atoms with Crippen molar-refractivity contribution in [1.29, 1.82) is 0 Å². The van der Waals surface area contributed by atoms with Crippen LogP contribution in [0.3, 0.4) is 0 Å². The quantitative estimate of drug-likeness (QED) is 0.555. The van der Waals surface area contributed by atoms with Crippen LogP contribution in [0, 0.1) is 5.82 Å². The first-order valence-corrected chi connectivity index (χ1v) is 10.0. The molecular formula is C24H19FN4O2. The average molecular weight is 414 g/mol. The molecule has 0 unspecified atom stereocenters. The van der Waals surface area contributed by atoms with E-state index in [0.717, 1.165) is 22.0 Å². The number of aromatic amines is 1. The SMILES string of the molecule is O=C(c1ccc(=O)n(-c2ccccc2)n1)N1CC=C(c2c[nH]c3cc(F)ccc23)CC1. The Labute approximate surface area is 177 Å². The highest BCUT2D eigenvalue weighted by molar-refractivity contribution is 5.95. The van der Waals surface area contributed by atoms with Crippen molar-refractivity contribution in [3.8, 4) is 5.69 Å². The van der Waals surface area contributed by atoms with Crippen molar-refractivity contribution < 1.29 is 9.18 Å². The summed E-state index contributed by atoms with van der Waals surface area (Å²) in [4.78, 5) is 30.0. The van der Waals surface area contributed by atoms with E-state index in [-0.39, 0.29) is 23.0 Å². The Morgan fingerprint density at radius 3 is 2.68 bits per heavy atom. The van der Waals surface area contributed by atoms with Crippen LogP contribution in [-0.4, -0.2) is 38.7 Å².